The monoisotopic (exact) mass is 434 g/mol. The van der Waals surface area contributed by atoms with Crippen LogP contribution in [0.3, 0.4) is 0 Å². The maximum absolute atomic E-state index is 13.3. The Bertz CT molecular complexity index is 1100. The lowest BCUT2D eigenvalue weighted by atomic mass is 10.0. The van der Waals surface area contributed by atoms with Crippen molar-refractivity contribution in [3.05, 3.63) is 71.2 Å². The van der Waals surface area contributed by atoms with Crippen LogP contribution in [0.2, 0.25) is 0 Å². The molecule has 2 aromatic heterocycles. The molecule has 0 unspecified atom stereocenters. The molecule has 0 N–H and O–H groups in total. The molecule has 1 amide bonds. The van der Waals surface area contributed by atoms with Gasteiger partial charge in [0.1, 0.15) is 18.2 Å². The van der Waals surface area contributed by atoms with Crippen LogP contribution in [0, 0.1) is 12.7 Å². The summed E-state index contributed by atoms with van der Waals surface area (Å²) in [7, 11) is 0. The first-order valence-electron chi connectivity index (χ1n) is 11.2. The van der Waals surface area contributed by atoms with Gasteiger partial charge in [0, 0.05) is 43.3 Å². The Kier molecular flexibility index (Phi) is 5.59. The predicted octanol–water partition coefficient (Wildman–Crippen LogP) is 3.44. The van der Waals surface area contributed by atoms with Gasteiger partial charge in [-0.2, -0.15) is 5.10 Å². The molecule has 166 valence electrons. The van der Waals surface area contributed by atoms with E-state index in [1.165, 1.54) is 17.7 Å². The van der Waals surface area contributed by atoms with Crippen molar-refractivity contribution in [1.29, 1.82) is 0 Å². The number of amides is 1. The van der Waals surface area contributed by atoms with Gasteiger partial charge in [-0.15, -0.1) is 0 Å². The summed E-state index contributed by atoms with van der Waals surface area (Å²) in [6.07, 6.45) is 7.27. The summed E-state index contributed by atoms with van der Waals surface area (Å²) in [5.74, 6) is 1.49. The van der Waals surface area contributed by atoms with Crippen LogP contribution in [0.1, 0.15) is 47.9 Å². The molecular weight excluding hydrogens is 407 g/mol. The van der Waals surface area contributed by atoms with Crippen molar-refractivity contribution in [3.63, 3.8) is 0 Å². The minimum absolute atomic E-state index is 0.0401. The maximum atomic E-state index is 13.3. The third kappa shape index (κ3) is 4.09. The Morgan fingerprint density at radius 2 is 2.00 bits per heavy atom. The highest BCUT2D eigenvalue weighted by Crippen LogP contribution is 2.34. The number of carbonyl (C=O) groups is 1. The number of aryl methyl sites for hydroxylation is 1. The lowest BCUT2D eigenvalue weighted by Gasteiger charge is -2.32. The van der Waals surface area contributed by atoms with Crippen LogP contribution in [0.4, 0.5) is 10.2 Å². The second-order valence-corrected chi connectivity index (χ2v) is 8.57. The highest BCUT2D eigenvalue weighted by molar-refractivity contribution is 5.76. The van der Waals surface area contributed by atoms with Crippen LogP contribution < -0.4 is 4.90 Å². The van der Waals surface area contributed by atoms with E-state index < -0.39 is 0 Å². The fourth-order valence-electron chi connectivity index (χ4n) is 4.78. The van der Waals surface area contributed by atoms with E-state index in [1.807, 2.05) is 30.0 Å². The molecule has 0 spiro atoms. The van der Waals surface area contributed by atoms with E-state index in [2.05, 4.69) is 10.00 Å². The van der Waals surface area contributed by atoms with Crippen LogP contribution in [0.15, 0.2) is 42.7 Å². The van der Waals surface area contributed by atoms with E-state index in [4.69, 9.17) is 9.97 Å². The van der Waals surface area contributed by atoms with Crippen molar-refractivity contribution in [2.75, 3.05) is 18.0 Å². The van der Waals surface area contributed by atoms with Gasteiger partial charge >= 0.3 is 0 Å². The minimum atomic E-state index is -0.227. The summed E-state index contributed by atoms with van der Waals surface area (Å²) >= 11 is 0. The van der Waals surface area contributed by atoms with Crippen molar-refractivity contribution in [3.8, 4) is 0 Å². The van der Waals surface area contributed by atoms with Crippen LogP contribution in [-0.2, 0) is 24.3 Å². The standard InChI is InChI=1S/C24H27FN6O/c1-17-20-5-2-12-29(15-18-7-9-19(25)10-8-18)24(20)28-23(27-17)21-6-3-14-31(21)22(32)16-30-13-4-11-26-30/h4,7-11,13,21H,2-3,5-6,12,14-16H2,1H3/t21-/m0/s1. The molecule has 1 saturated heterocycles. The lowest BCUT2D eigenvalue weighted by molar-refractivity contribution is -0.133. The van der Waals surface area contributed by atoms with Gasteiger partial charge in [0.05, 0.1) is 6.04 Å². The van der Waals surface area contributed by atoms with Gasteiger partial charge in [-0.1, -0.05) is 12.1 Å². The van der Waals surface area contributed by atoms with Crippen molar-refractivity contribution < 1.29 is 9.18 Å². The Balaban J connectivity index is 1.42. The molecular formula is C24H27FN6O. The van der Waals surface area contributed by atoms with E-state index in [-0.39, 0.29) is 24.3 Å². The van der Waals surface area contributed by atoms with Gasteiger partial charge in [0.2, 0.25) is 5.91 Å². The number of carbonyl (C=O) groups excluding carboxylic acids is 1. The number of benzene rings is 1. The molecule has 4 heterocycles. The molecule has 1 atom stereocenters. The maximum Gasteiger partial charge on any atom is 0.244 e. The molecule has 7 nitrogen and oxygen atoms in total. The summed E-state index contributed by atoms with van der Waals surface area (Å²) in [4.78, 5) is 27.0. The number of hydrogen-bond donors (Lipinski definition) is 0. The summed E-state index contributed by atoms with van der Waals surface area (Å²) in [6.45, 7) is 4.55. The van der Waals surface area contributed by atoms with E-state index in [0.29, 0.717) is 13.1 Å². The fraction of sp³-hybridized carbons (Fsp3) is 0.417. The first-order valence-corrected chi connectivity index (χ1v) is 11.2. The summed E-state index contributed by atoms with van der Waals surface area (Å²) in [6, 6.07) is 8.35. The zero-order valence-corrected chi connectivity index (χ0v) is 18.2. The average Bonchev–Trinajstić information content (AvgIpc) is 3.48. The normalized spacial score (nSPS) is 18.1. The molecule has 2 aliphatic rings. The smallest absolute Gasteiger partial charge is 0.244 e. The fourth-order valence-corrected chi connectivity index (χ4v) is 4.78. The van der Waals surface area contributed by atoms with Gasteiger partial charge in [-0.3, -0.25) is 9.48 Å². The first kappa shape index (κ1) is 20.6. The van der Waals surface area contributed by atoms with E-state index >= 15 is 0 Å². The highest BCUT2D eigenvalue weighted by Gasteiger charge is 2.34. The molecule has 5 rings (SSSR count). The SMILES string of the molecule is Cc1nc([C@@H]2CCCN2C(=O)Cn2cccn2)nc2c1CCCN2Cc1ccc(F)cc1. The third-order valence-corrected chi connectivity index (χ3v) is 6.38. The summed E-state index contributed by atoms with van der Waals surface area (Å²) in [5, 5.41) is 4.16. The van der Waals surface area contributed by atoms with E-state index in [1.54, 1.807) is 17.1 Å². The quantitative estimate of drug-likeness (QED) is 0.616. The van der Waals surface area contributed by atoms with Crippen LogP contribution >= 0.6 is 0 Å². The molecule has 0 saturated carbocycles. The zero-order chi connectivity index (χ0) is 22.1. The molecule has 8 heteroatoms. The third-order valence-electron chi connectivity index (χ3n) is 6.38. The Hall–Kier alpha value is -3.29. The number of rotatable bonds is 5. The molecule has 0 radical (unpaired) electrons. The Morgan fingerprint density at radius 1 is 1.16 bits per heavy atom. The van der Waals surface area contributed by atoms with Crippen LogP contribution in [0.5, 0.6) is 0 Å². The van der Waals surface area contributed by atoms with Gasteiger partial charge in [-0.05, 0) is 56.4 Å². The van der Waals surface area contributed by atoms with E-state index in [0.717, 1.165) is 55.1 Å². The largest absolute Gasteiger partial charge is 0.352 e. The molecule has 1 fully saturated rings. The van der Waals surface area contributed by atoms with Crippen molar-refractivity contribution in [2.24, 2.45) is 0 Å². The topological polar surface area (TPSA) is 67.2 Å². The lowest BCUT2D eigenvalue weighted by Crippen LogP contribution is -2.35. The van der Waals surface area contributed by atoms with Crippen molar-refractivity contribution in [1.82, 2.24) is 24.6 Å². The molecule has 1 aromatic carbocycles. The average molecular weight is 435 g/mol. The Labute approximate surface area is 186 Å². The van der Waals surface area contributed by atoms with Gasteiger partial charge in [0.15, 0.2) is 5.82 Å². The Morgan fingerprint density at radius 3 is 2.78 bits per heavy atom. The summed E-state index contributed by atoms with van der Waals surface area (Å²) in [5.41, 5.74) is 3.21. The summed E-state index contributed by atoms with van der Waals surface area (Å²) < 4.78 is 15.0. The van der Waals surface area contributed by atoms with E-state index in [9.17, 15) is 9.18 Å². The number of hydrogen-bond acceptors (Lipinski definition) is 5. The second kappa shape index (κ2) is 8.68. The first-order chi connectivity index (χ1) is 15.6. The van der Waals surface area contributed by atoms with Crippen LogP contribution in [0.25, 0.3) is 0 Å². The number of anilines is 1. The van der Waals surface area contributed by atoms with Gasteiger partial charge in [0.25, 0.3) is 0 Å². The molecule has 0 aliphatic carbocycles. The highest BCUT2D eigenvalue weighted by atomic mass is 19.1. The van der Waals surface area contributed by atoms with Gasteiger partial charge < -0.3 is 9.80 Å². The molecule has 32 heavy (non-hydrogen) atoms. The predicted molar refractivity (Wildman–Crippen MR) is 118 cm³/mol. The number of nitrogens with zero attached hydrogens (tertiary/aromatic N) is 6. The molecule has 3 aromatic rings. The van der Waals surface area contributed by atoms with Gasteiger partial charge in [-0.25, -0.2) is 14.4 Å². The number of fused-ring (bicyclic) bond motifs is 1. The number of aromatic nitrogens is 4. The molecule has 2 aliphatic heterocycles. The van der Waals surface area contributed by atoms with Crippen LogP contribution in [-0.4, -0.2) is 43.6 Å². The van der Waals surface area contributed by atoms with Crippen molar-refractivity contribution >= 4 is 11.7 Å². The minimum Gasteiger partial charge on any atom is -0.352 e. The zero-order valence-electron chi connectivity index (χ0n) is 18.2. The molecule has 0 bridgehead atoms. The number of likely N-dealkylation sites (tertiary alicyclic amines) is 1. The second-order valence-electron chi connectivity index (χ2n) is 8.57. The number of halogens is 1. The van der Waals surface area contributed by atoms with Crippen molar-refractivity contribution in [2.45, 2.75) is 51.7 Å².